The van der Waals surface area contributed by atoms with Gasteiger partial charge in [0.1, 0.15) is 22.7 Å². The predicted octanol–water partition coefficient (Wildman–Crippen LogP) is 4.13. The summed E-state index contributed by atoms with van der Waals surface area (Å²) >= 11 is 0. The summed E-state index contributed by atoms with van der Waals surface area (Å²) in [4.78, 5) is 0. The van der Waals surface area contributed by atoms with Gasteiger partial charge in [0.25, 0.3) is 0 Å². The topological polar surface area (TPSA) is 29.5 Å². The lowest BCUT2D eigenvalue weighted by Crippen LogP contribution is -2.34. The van der Waals surface area contributed by atoms with Crippen molar-refractivity contribution in [3.8, 4) is 11.5 Å². The van der Waals surface area contributed by atoms with E-state index in [9.17, 15) is 18.3 Å². The number of hydrogen-bond donors (Lipinski definition) is 1. The molecule has 2 rings (SSSR count). The zero-order valence-electron chi connectivity index (χ0n) is 11.4. The second-order valence-corrected chi connectivity index (χ2v) is 5.64. The van der Waals surface area contributed by atoms with E-state index in [4.69, 9.17) is 4.74 Å². The molecule has 0 bridgehead atoms. The number of phenols is 1. The fourth-order valence-electron chi connectivity index (χ4n) is 2.54. The third kappa shape index (κ3) is 2.26. The van der Waals surface area contributed by atoms with Crippen molar-refractivity contribution in [2.75, 3.05) is 0 Å². The van der Waals surface area contributed by atoms with Gasteiger partial charge in [0.2, 0.25) is 0 Å². The predicted molar refractivity (Wildman–Crippen MR) is 65.6 cm³/mol. The highest BCUT2D eigenvalue weighted by atomic mass is 19.4. The van der Waals surface area contributed by atoms with Crippen molar-refractivity contribution in [2.45, 2.75) is 52.3 Å². The average Bonchev–Trinajstić information content (AvgIpc) is 2.23. The Morgan fingerprint density at radius 2 is 1.74 bits per heavy atom. The molecule has 1 aliphatic heterocycles. The van der Waals surface area contributed by atoms with E-state index < -0.39 is 17.3 Å². The lowest BCUT2D eigenvalue weighted by molar-refractivity contribution is -0.140. The highest BCUT2D eigenvalue weighted by Crippen LogP contribution is 2.49. The van der Waals surface area contributed by atoms with Crippen LogP contribution in [-0.4, -0.2) is 10.7 Å². The molecule has 0 atom stereocenters. The Balaban J connectivity index is 2.77. The molecule has 0 aromatic heterocycles. The van der Waals surface area contributed by atoms with Gasteiger partial charge in [-0.3, -0.25) is 0 Å². The molecule has 1 aromatic rings. The maximum atomic E-state index is 13.2. The van der Waals surface area contributed by atoms with Gasteiger partial charge in [-0.2, -0.15) is 13.2 Å². The number of alkyl halides is 3. The molecule has 1 aliphatic rings. The number of hydrogen-bond acceptors (Lipinski definition) is 2. The molecule has 1 heterocycles. The second-order valence-electron chi connectivity index (χ2n) is 5.64. The summed E-state index contributed by atoms with van der Waals surface area (Å²) in [6, 6.07) is 0. The van der Waals surface area contributed by atoms with Crippen LogP contribution in [0.1, 0.15) is 42.5 Å². The lowest BCUT2D eigenvalue weighted by atomic mass is 9.87. The highest BCUT2D eigenvalue weighted by Gasteiger charge is 2.42. The van der Waals surface area contributed by atoms with Crippen molar-refractivity contribution in [3.05, 3.63) is 22.3 Å². The van der Waals surface area contributed by atoms with E-state index in [1.54, 1.807) is 20.8 Å². The van der Waals surface area contributed by atoms with Crippen molar-refractivity contribution in [1.82, 2.24) is 0 Å². The Hall–Kier alpha value is -1.39. The summed E-state index contributed by atoms with van der Waals surface area (Å²) in [7, 11) is 0. The van der Waals surface area contributed by atoms with Gasteiger partial charge in [-0.1, -0.05) is 0 Å². The van der Waals surface area contributed by atoms with Gasteiger partial charge in [-0.25, -0.2) is 0 Å². The van der Waals surface area contributed by atoms with Gasteiger partial charge in [0, 0.05) is 11.1 Å². The minimum Gasteiger partial charge on any atom is -0.507 e. The Morgan fingerprint density at radius 1 is 1.16 bits per heavy atom. The third-order valence-corrected chi connectivity index (χ3v) is 3.68. The molecule has 0 aliphatic carbocycles. The van der Waals surface area contributed by atoms with E-state index in [-0.39, 0.29) is 17.1 Å². The number of benzene rings is 1. The smallest absolute Gasteiger partial charge is 0.420 e. The molecular weight excluding hydrogens is 257 g/mol. The lowest BCUT2D eigenvalue weighted by Gasteiger charge is -2.35. The summed E-state index contributed by atoms with van der Waals surface area (Å²) < 4.78 is 45.2. The van der Waals surface area contributed by atoms with E-state index in [1.165, 1.54) is 6.92 Å². The van der Waals surface area contributed by atoms with Crippen LogP contribution in [-0.2, 0) is 12.6 Å². The van der Waals surface area contributed by atoms with E-state index in [2.05, 4.69) is 0 Å². The number of aromatic hydroxyl groups is 1. The minimum atomic E-state index is -4.53. The minimum absolute atomic E-state index is 0.114. The van der Waals surface area contributed by atoms with Crippen molar-refractivity contribution in [1.29, 1.82) is 0 Å². The van der Waals surface area contributed by atoms with Crippen LogP contribution >= 0.6 is 0 Å². The number of fused-ring (bicyclic) bond motifs is 1. The average molecular weight is 274 g/mol. The van der Waals surface area contributed by atoms with Crippen LogP contribution in [0.3, 0.4) is 0 Å². The Labute approximate surface area is 110 Å². The van der Waals surface area contributed by atoms with Crippen LogP contribution in [0, 0.1) is 13.8 Å². The van der Waals surface area contributed by atoms with E-state index in [0.717, 1.165) is 0 Å². The first-order valence-electron chi connectivity index (χ1n) is 6.16. The number of phenolic OH excluding ortho intramolecular Hbond substituents is 1. The zero-order chi connectivity index (χ0) is 14.6. The molecule has 106 valence electrons. The SMILES string of the molecule is Cc1c(O)c(C)c(C(F)(F)F)c2c1CCC(C)(C)O2. The zero-order valence-corrected chi connectivity index (χ0v) is 11.4. The Bertz CT molecular complexity index is 531. The molecule has 0 unspecified atom stereocenters. The van der Waals surface area contributed by atoms with Gasteiger partial charge in [0.05, 0.1) is 0 Å². The fourth-order valence-corrected chi connectivity index (χ4v) is 2.54. The van der Waals surface area contributed by atoms with Gasteiger partial charge in [-0.05, 0) is 46.1 Å². The first kappa shape index (κ1) is 14.0. The van der Waals surface area contributed by atoms with Crippen LogP contribution in [0.5, 0.6) is 11.5 Å². The third-order valence-electron chi connectivity index (χ3n) is 3.68. The van der Waals surface area contributed by atoms with Crippen molar-refractivity contribution in [2.24, 2.45) is 0 Å². The van der Waals surface area contributed by atoms with Crippen molar-refractivity contribution in [3.63, 3.8) is 0 Å². The highest BCUT2D eigenvalue weighted by molar-refractivity contribution is 5.59. The molecule has 0 amide bonds. The van der Waals surface area contributed by atoms with Crippen LogP contribution in [0.25, 0.3) is 0 Å². The van der Waals surface area contributed by atoms with Gasteiger partial charge in [-0.15, -0.1) is 0 Å². The molecule has 0 spiro atoms. The van der Waals surface area contributed by atoms with Crippen LogP contribution < -0.4 is 4.74 Å². The molecule has 5 heteroatoms. The summed E-state index contributed by atoms with van der Waals surface area (Å²) in [6.45, 7) is 6.45. The van der Waals surface area contributed by atoms with Crippen LogP contribution in [0.2, 0.25) is 0 Å². The van der Waals surface area contributed by atoms with Crippen molar-refractivity contribution < 1.29 is 23.0 Å². The van der Waals surface area contributed by atoms with Gasteiger partial charge >= 0.3 is 6.18 Å². The fraction of sp³-hybridized carbons (Fsp3) is 0.571. The Morgan fingerprint density at radius 3 is 2.26 bits per heavy atom. The van der Waals surface area contributed by atoms with Crippen LogP contribution in [0.4, 0.5) is 13.2 Å². The van der Waals surface area contributed by atoms with E-state index >= 15 is 0 Å². The summed E-state index contributed by atoms with van der Waals surface area (Å²) in [5.41, 5.74) is -0.686. The first-order chi connectivity index (χ1) is 8.54. The second kappa shape index (κ2) is 4.05. The Kier molecular flexibility index (Phi) is 2.99. The standard InChI is InChI=1S/C14H17F3O2/c1-7-9-5-6-13(3,4)19-12(9)10(14(15,16)17)8(2)11(7)18/h18H,5-6H2,1-4H3. The number of halogens is 3. The molecule has 0 radical (unpaired) electrons. The quantitative estimate of drug-likeness (QED) is 0.770. The van der Waals surface area contributed by atoms with E-state index in [1.807, 2.05) is 0 Å². The van der Waals surface area contributed by atoms with E-state index in [0.29, 0.717) is 24.0 Å². The van der Waals surface area contributed by atoms with Crippen molar-refractivity contribution >= 4 is 0 Å². The normalized spacial score (nSPS) is 17.8. The van der Waals surface area contributed by atoms with Gasteiger partial charge < -0.3 is 9.84 Å². The largest absolute Gasteiger partial charge is 0.507 e. The monoisotopic (exact) mass is 274 g/mol. The molecule has 1 N–H and O–H groups in total. The molecule has 2 nitrogen and oxygen atoms in total. The maximum absolute atomic E-state index is 13.2. The van der Waals surface area contributed by atoms with Crippen LogP contribution in [0.15, 0.2) is 0 Å². The summed E-state index contributed by atoms with van der Waals surface area (Å²) in [5.74, 6) is -0.397. The summed E-state index contributed by atoms with van der Waals surface area (Å²) in [5, 5.41) is 9.88. The molecule has 1 aromatic carbocycles. The molecule has 0 saturated heterocycles. The molecule has 0 saturated carbocycles. The number of rotatable bonds is 0. The molecule has 19 heavy (non-hydrogen) atoms. The van der Waals surface area contributed by atoms with Gasteiger partial charge in [0.15, 0.2) is 0 Å². The molecule has 0 fully saturated rings. The first-order valence-corrected chi connectivity index (χ1v) is 6.16. The summed E-state index contributed by atoms with van der Waals surface area (Å²) in [6.07, 6.45) is -3.43. The number of ether oxygens (including phenoxy) is 1. The maximum Gasteiger partial charge on any atom is 0.420 e. The molecular formula is C14H17F3O2.